The Morgan fingerprint density at radius 3 is 2.69 bits per heavy atom. The lowest BCUT2D eigenvalue weighted by atomic mass is 9.93. The summed E-state index contributed by atoms with van der Waals surface area (Å²) in [4.78, 5) is 35.5. The summed E-state index contributed by atoms with van der Waals surface area (Å²) in [6.07, 6.45) is 7.48. The Kier molecular flexibility index (Phi) is 4.52. The predicted molar refractivity (Wildman–Crippen MR) is 113 cm³/mol. The number of nitrogens with one attached hydrogen (secondary N) is 1. The molecule has 8 nitrogen and oxygen atoms in total. The first kappa shape index (κ1) is 18.3. The van der Waals surface area contributed by atoms with Crippen molar-refractivity contribution in [1.82, 2.24) is 14.5 Å². The number of nitrogens with two attached hydrogens (primary N) is 1. The number of rotatable bonds is 4. The Hall–Kier alpha value is -4.07. The molecule has 2 amide bonds. The lowest BCUT2D eigenvalue weighted by molar-refractivity contribution is -0.113. The molecule has 0 bridgehead atoms. The summed E-state index contributed by atoms with van der Waals surface area (Å²) in [6.45, 7) is 3.45. The van der Waals surface area contributed by atoms with Gasteiger partial charge in [-0.2, -0.15) is 0 Å². The zero-order valence-electron chi connectivity index (χ0n) is 15.7. The Bertz CT molecular complexity index is 1190. The second-order valence-electron chi connectivity index (χ2n) is 6.55. The molecule has 3 aromatic rings. The molecule has 8 heteroatoms. The number of hydrogen-bond acceptors (Lipinski definition) is 5. The van der Waals surface area contributed by atoms with E-state index in [0.29, 0.717) is 17.2 Å². The van der Waals surface area contributed by atoms with Crippen molar-refractivity contribution in [3.63, 3.8) is 0 Å². The Morgan fingerprint density at radius 1 is 1.28 bits per heavy atom. The van der Waals surface area contributed by atoms with E-state index in [2.05, 4.69) is 26.9 Å². The molecule has 29 heavy (non-hydrogen) atoms. The number of carbonyl (C=O) groups is 2. The van der Waals surface area contributed by atoms with Crippen LogP contribution in [-0.2, 0) is 16.6 Å². The average molecular weight is 386 g/mol. The lowest BCUT2D eigenvalue weighted by Crippen LogP contribution is -2.08. The van der Waals surface area contributed by atoms with Crippen LogP contribution in [0.15, 0.2) is 60.4 Å². The Morgan fingerprint density at radius 2 is 2.03 bits per heavy atom. The molecule has 1 atom stereocenters. The number of hydrogen-bond donors (Lipinski definition) is 2. The molecular weight excluding hydrogens is 368 g/mol. The average Bonchev–Trinajstić information content (AvgIpc) is 3.03. The highest BCUT2D eigenvalue weighted by Crippen LogP contribution is 2.39. The van der Waals surface area contributed by atoms with Gasteiger partial charge in [-0.05, 0) is 23.8 Å². The molecule has 0 fully saturated rings. The highest BCUT2D eigenvalue weighted by molar-refractivity contribution is 6.04. The fraction of sp³-hybridized carbons (Fsp3) is 0.0952. The molecule has 144 valence electrons. The molecule has 4 rings (SSSR count). The van der Waals surface area contributed by atoms with Crippen molar-refractivity contribution >= 4 is 40.6 Å². The van der Waals surface area contributed by atoms with Gasteiger partial charge in [0.2, 0.25) is 5.91 Å². The topological polar surface area (TPSA) is 115 Å². The van der Waals surface area contributed by atoms with Crippen molar-refractivity contribution in [3.05, 3.63) is 61.0 Å². The van der Waals surface area contributed by atoms with Gasteiger partial charge in [-0.1, -0.05) is 24.8 Å². The molecule has 2 aromatic heterocycles. The molecular formula is C21H18N6O2. The molecule has 0 spiro atoms. The number of benzene rings is 1. The van der Waals surface area contributed by atoms with Crippen LogP contribution in [0.3, 0.4) is 0 Å². The third-order valence-corrected chi connectivity index (χ3v) is 4.79. The third kappa shape index (κ3) is 3.20. The summed E-state index contributed by atoms with van der Waals surface area (Å²) in [5.74, 6) is -0.464. The van der Waals surface area contributed by atoms with Crippen LogP contribution in [0.2, 0.25) is 0 Å². The first-order valence-electron chi connectivity index (χ1n) is 8.88. The second kappa shape index (κ2) is 7.16. The second-order valence-corrected chi connectivity index (χ2v) is 6.55. The largest absolute Gasteiger partial charge is 0.383 e. The van der Waals surface area contributed by atoms with Crippen LogP contribution in [0.5, 0.6) is 0 Å². The van der Waals surface area contributed by atoms with Crippen molar-refractivity contribution in [1.29, 1.82) is 0 Å². The predicted octanol–water partition coefficient (Wildman–Crippen LogP) is 2.59. The van der Waals surface area contributed by atoms with Crippen molar-refractivity contribution in [3.8, 4) is 11.3 Å². The van der Waals surface area contributed by atoms with Gasteiger partial charge >= 0.3 is 0 Å². The Labute approximate surface area is 166 Å². The normalized spacial score (nSPS) is 15.6. The smallest absolute Gasteiger partial charge is 0.269 e. The molecule has 0 saturated carbocycles. The van der Waals surface area contributed by atoms with E-state index < -0.39 is 0 Å². The standard InChI is InChI=1S/C21H18N6O2/c1-3-15(28)26-14-7-4-12(5-8-14)19-17(13-6-9-16(29)23-10-13)18-20(22)24-11-25-21(18)27(19)2/h3-11,13H,1H2,2H3,(H,26,28)(H2,22,24,25). The fourth-order valence-corrected chi connectivity index (χ4v) is 3.49. The van der Waals surface area contributed by atoms with Gasteiger partial charge in [0.15, 0.2) is 0 Å². The van der Waals surface area contributed by atoms with Crippen molar-refractivity contribution in [2.24, 2.45) is 12.0 Å². The van der Waals surface area contributed by atoms with Crippen LogP contribution in [0.4, 0.5) is 11.5 Å². The number of nitrogen functional groups attached to an aromatic ring is 1. The van der Waals surface area contributed by atoms with E-state index in [1.54, 1.807) is 12.3 Å². The number of amides is 2. The number of aromatic nitrogens is 3. The van der Waals surface area contributed by atoms with Crippen molar-refractivity contribution in [2.75, 3.05) is 11.1 Å². The van der Waals surface area contributed by atoms with Crippen LogP contribution in [0, 0.1) is 0 Å². The zero-order valence-corrected chi connectivity index (χ0v) is 15.7. The molecule has 1 aliphatic rings. The van der Waals surface area contributed by atoms with E-state index in [0.717, 1.165) is 22.2 Å². The minimum atomic E-state index is -0.297. The fourth-order valence-electron chi connectivity index (χ4n) is 3.49. The number of dihydropyridines is 1. The summed E-state index contributed by atoms with van der Waals surface area (Å²) in [5.41, 5.74) is 10.2. The molecule has 0 saturated heterocycles. The van der Waals surface area contributed by atoms with Crippen LogP contribution in [0.1, 0.15) is 11.5 Å². The van der Waals surface area contributed by atoms with E-state index in [1.165, 1.54) is 18.5 Å². The number of nitrogens with zero attached hydrogens (tertiary/aromatic N) is 4. The maximum Gasteiger partial charge on any atom is 0.269 e. The molecule has 0 radical (unpaired) electrons. The highest BCUT2D eigenvalue weighted by Gasteiger charge is 2.25. The quantitative estimate of drug-likeness (QED) is 0.669. The number of aryl methyl sites for hydroxylation is 1. The first-order valence-corrected chi connectivity index (χ1v) is 8.88. The van der Waals surface area contributed by atoms with E-state index in [4.69, 9.17) is 5.73 Å². The molecule has 0 aliphatic carbocycles. The molecule has 1 unspecified atom stereocenters. The van der Waals surface area contributed by atoms with E-state index >= 15 is 0 Å². The van der Waals surface area contributed by atoms with Gasteiger partial charge in [0.25, 0.3) is 5.91 Å². The van der Waals surface area contributed by atoms with Gasteiger partial charge in [0, 0.05) is 36.5 Å². The molecule has 3 N–H and O–H groups in total. The third-order valence-electron chi connectivity index (χ3n) is 4.79. The van der Waals surface area contributed by atoms with Gasteiger partial charge in [-0.25, -0.2) is 15.0 Å². The molecule has 1 aliphatic heterocycles. The summed E-state index contributed by atoms with van der Waals surface area (Å²) in [6, 6.07) is 7.41. The summed E-state index contributed by atoms with van der Waals surface area (Å²) < 4.78 is 1.94. The lowest BCUT2D eigenvalue weighted by Gasteiger charge is -2.14. The van der Waals surface area contributed by atoms with Crippen LogP contribution in [-0.4, -0.2) is 32.6 Å². The minimum absolute atomic E-state index is 0.250. The van der Waals surface area contributed by atoms with Crippen LogP contribution >= 0.6 is 0 Å². The van der Waals surface area contributed by atoms with Gasteiger partial charge in [-0.3, -0.25) is 9.59 Å². The van der Waals surface area contributed by atoms with Crippen molar-refractivity contribution in [2.45, 2.75) is 5.92 Å². The van der Waals surface area contributed by atoms with Gasteiger partial charge in [0.1, 0.15) is 17.8 Å². The maximum absolute atomic E-state index is 11.5. The maximum atomic E-state index is 11.5. The summed E-state index contributed by atoms with van der Waals surface area (Å²) in [7, 11) is 1.90. The summed E-state index contributed by atoms with van der Waals surface area (Å²) >= 11 is 0. The highest BCUT2D eigenvalue weighted by atomic mass is 16.1. The number of aliphatic imine (C=N–C) groups is 1. The number of carbonyl (C=O) groups excluding carboxylic acids is 2. The number of anilines is 2. The first-order chi connectivity index (χ1) is 14.0. The van der Waals surface area contributed by atoms with Gasteiger partial charge < -0.3 is 15.6 Å². The monoisotopic (exact) mass is 386 g/mol. The van der Waals surface area contributed by atoms with Crippen LogP contribution in [0.25, 0.3) is 22.3 Å². The number of fused-ring (bicyclic) bond motifs is 1. The number of allylic oxidation sites excluding steroid dienone is 1. The van der Waals surface area contributed by atoms with Gasteiger partial charge in [-0.15, -0.1) is 0 Å². The zero-order chi connectivity index (χ0) is 20.5. The molecule has 3 heterocycles. The van der Waals surface area contributed by atoms with Crippen LogP contribution < -0.4 is 11.1 Å². The minimum Gasteiger partial charge on any atom is -0.383 e. The van der Waals surface area contributed by atoms with E-state index in [9.17, 15) is 9.59 Å². The SMILES string of the molecule is C=CC(=O)Nc1ccc(-c2c(C3C=CC(=O)N=C3)c3c(N)ncnc3n2C)cc1. The van der Waals surface area contributed by atoms with Crippen molar-refractivity contribution < 1.29 is 9.59 Å². The van der Waals surface area contributed by atoms with E-state index in [1.807, 2.05) is 35.9 Å². The van der Waals surface area contributed by atoms with E-state index in [-0.39, 0.29) is 17.7 Å². The van der Waals surface area contributed by atoms with Gasteiger partial charge in [0.05, 0.1) is 11.1 Å². The summed E-state index contributed by atoms with van der Waals surface area (Å²) in [5, 5.41) is 3.45. The molecule has 1 aromatic carbocycles. The Balaban J connectivity index is 1.90.